The summed E-state index contributed by atoms with van der Waals surface area (Å²) in [7, 11) is 1.69. The zero-order chi connectivity index (χ0) is 16.4. The zero-order valence-electron chi connectivity index (χ0n) is 14.2. The Kier molecular flexibility index (Phi) is 4.39. The third-order valence-corrected chi connectivity index (χ3v) is 4.07. The van der Waals surface area contributed by atoms with Crippen LogP contribution in [0.4, 0.5) is 0 Å². The van der Waals surface area contributed by atoms with E-state index in [1.54, 1.807) is 7.11 Å². The maximum Gasteiger partial charge on any atom is 0.119 e. The van der Waals surface area contributed by atoms with Crippen LogP contribution in [0.25, 0.3) is 10.9 Å². The number of ether oxygens (including phenoxy) is 1. The Hall–Kier alpha value is -2.27. The van der Waals surface area contributed by atoms with Gasteiger partial charge in [-0.15, -0.1) is 0 Å². The van der Waals surface area contributed by atoms with Crippen molar-refractivity contribution < 1.29 is 4.74 Å². The van der Waals surface area contributed by atoms with Crippen molar-refractivity contribution in [1.82, 2.24) is 20.1 Å². The topological polar surface area (TPSA) is 54.9 Å². The molecule has 3 rings (SSSR count). The number of H-pyrrole nitrogens is 1. The molecule has 0 fully saturated rings. The third kappa shape index (κ3) is 3.56. The summed E-state index contributed by atoms with van der Waals surface area (Å²) in [5.41, 5.74) is 4.58. The van der Waals surface area contributed by atoms with Crippen molar-refractivity contribution in [2.75, 3.05) is 7.11 Å². The molecule has 1 aromatic carbocycles. The van der Waals surface area contributed by atoms with Crippen LogP contribution >= 0.6 is 0 Å². The molecule has 3 aromatic rings. The Bertz CT molecular complexity index is 803. The van der Waals surface area contributed by atoms with E-state index in [1.807, 2.05) is 13.0 Å². The molecule has 2 N–H and O–H groups in total. The Morgan fingerprint density at radius 3 is 2.78 bits per heavy atom. The molecular weight excluding hydrogens is 288 g/mol. The average molecular weight is 312 g/mol. The molecule has 0 bridgehead atoms. The van der Waals surface area contributed by atoms with Crippen molar-refractivity contribution in [2.45, 2.75) is 39.9 Å². The molecule has 122 valence electrons. The number of nitrogens with zero attached hydrogens (tertiary/aromatic N) is 2. The maximum absolute atomic E-state index is 5.27. The second-order valence-electron chi connectivity index (χ2n) is 6.14. The first kappa shape index (κ1) is 15.6. The van der Waals surface area contributed by atoms with Crippen LogP contribution in [0, 0.1) is 13.8 Å². The number of aryl methyl sites for hydroxylation is 2. The van der Waals surface area contributed by atoms with Gasteiger partial charge in [-0.2, -0.15) is 5.10 Å². The van der Waals surface area contributed by atoms with Crippen LogP contribution in [0.15, 0.2) is 30.3 Å². The van der Waals surface area contributed by atoms with Crippen LogP contribution in [-0.4, -0.2) is 27.9 Å². The minimum absolute atomic E-state index is 0.342. The van der Waals surface area contributed by atoms with Gasteiger partial charge in [-0.3, -0.25) is 4.68 Å². The Balaban J connectivity index is 1.62. The molecule has 0 radical (unpaired) electrons. The van der Waals surface area contributed by atoms with Gasteiger partial charge in [-0.05, 0) is 51.1 Å². The molecule has 2 heterocycles. The lowest BCUT2D eigenvalue weighted by Crippen LogP contribution is -2.30. The van der Waals surface area contributed by atoms with Gasteiger partial charge in [0.1, 0.15) is 5.75 Å². The van der Waals surface area contributed by atoms with Crippen LogP contribution < -0.4 is 10.1 Å². The van der Waals surface area contributed by atoms with Crippen LogP contribution in [0.1, 0.15) is 24.0 Å². The van der Waals surface area contributed by atoms with Crippen molar-refractivity contribution in [1.29, 1.82) is 0 Å². The summed E-state index contributed by atoms with van der Waals surface area (Å²) >= 11 is 0. The number of benzene rings is 1. The number of aromatic nitrogens is 3. The number of hydrogen-bond donors (Lipinski definition) is 2. The summed E-state index contributed by atoms with van der Waals surface area (Å²) in [5.74, 6) is 0.883. The van der Waals surface area contributed by atoms with Crippen molar-refractivity contribution in [3.63, 3.8) is 0 Å². The summed E-state index contributed by atoms with van der Waals surface area (Å²) in [6.45, 7) is 7.98. The SMILES string of the molecule is COc1ccc2[nH]c(CNC(C)Cn3nc(C)cc3C)cc2c1. The highest BCUT2D eigenvalue weighted by molar-refractivity contribution is 5.81. The van der Waals surface area contributed by atoms with Gasteiger partial charge in [0.05, 0.1) is 19.3 Å². The molecular formula is C18H24N4O. The van der Waals surface area contributed by atoms with Gasteiger partial charge in [0.2, 0.25) is 0 Å². The minimum atomic E-state index is 0.342. The molecule has 0 spiro atoms. The minimum Gasteiger partial charge on any atom is -0.497 e. The van der Waals surface area contributed by atoms with Gasteiger partial charge in [0, 0.05) is 34.9 Å². The van der Waals surface area contributed by atoms with Gasteiger partial charge in [-0.25, -0.2) is 0 Å². The number of methoxy groups -OCH3 is 1. The van der Waals surface area contributed by atoms with Crippen molar-refractivity contribution >= 4 is 10.9 Å². The molecule has 0 saturated heterocycles. The smallest absolute Gasteiger partial charge is 0.119 e. The second-order valence-corrected chi connectivity index (χ2v) is 6.14. The lowest BCUT2D eigenvalue weighted by Gasteiger charge is -2.14. The van der Waals surface area contributed by atoms with E-state index in [9.17, 15) is 0 Å². The average Bonchev–Trinajstić information content (AvgIpc) is 3.07. The van der Waals surface area contributed by atoms with E-state index in [0.717, 1.165) is 30.0 Å². The van der Waals surface area contributed by atoms with Crippen molar-refractivity contribution in [2.24, 2.45) is 0 Å². The first-order valence-electron chi connectivity index (χ1n) is 7.95. The molecule has 5 heteroatoms. The van der Waals surface area contributed by atoms with E-state index in [0.29, 0.717) is 6.04 Å². The van der Waals surface area contributed by atoms with E-state index in [2.05, 4.69) is 58.2 Å². The van der Waals surface area contributed by atoms with E-state index in [-0.39, 0.29) is 0 Å². The van der Waals surface area contributed by atoms with Gasteiger partial charge >= 0.3 is 0 Å². The molecule has 1 atom stereocenters. The van der Waals surface area contributed by atoms with E-state index >= 15 is 0 Å². The van der Waals surface area contributed by atoms with Crippen LogP contribution in [-0.2, 0) is 13.1 Å². The fourth-order valence-electron chi connectivity index (χ4n) is 2.86. The third-order valence-electron chi connectivity index (χ3n) is 4.07. The van der Waals surface area contributed by atoms with Crippen LogP contribution in [0.5, 0.6) is 5.75 Å². The van der Waals surface area contributed by atoms with Gasteiger partial charge in [-0.1, -0.05) is 0 Å². The predicted molar refractivity (Wildman–Crippen MR) is 92.9 cm³/mol. The molecule has 0 aliphatic heterocycles. The highest BCUT2D eigenvalue weighted by Crippen LogP contribution is 2.21. The first-order valence-corrected chi connectivity index (χ1v) is 7.95. The lowest BCUT2D eigenvalue weighted by molar-refractivity contribution is 0.415. The summed E-state index contributed by atoms with van der Waals surface area (Å²) in [5, 5.41) is 9.24. The Morgan fingerprint density at radius 2 is 2.09 bits per heavy atom. The largest absolute Gasteiger partial charge is 0.497 e. The highest BCUT2D eigenvalue weighted by atomic mass is 16.5. The molecule has 23 heavy (non-hydrogen) atoms. The first-order chi connectivity index (χ1) is 11.0. The second kappa shape index (κ2) is 6.46. The zero-order valence-corrected chi connectivity index (χ0v) is 14.2. The van der Waals surface area contributed by atoms with Crippen molar-refractivity contribution in [3.8, 4) is 5.75 Å². The number of fused-ring (bicyclic) bond motifs is 1. The molecule has 0 aliphatic rings. The molecule has 2 aromatic heterocycles. The molecule has 0 aliphatic carbocycles. The summed E-state index contributed by atoms with van der Waals surface area (Å²) < 4.78 is 7.33. The molecule has 5 nitrogen and oxygen atoms in total. The number of aromatic amines is 1. The molecule has 0 saturated carbocycles. The Morgan fingerprint density at radius 1 is 1.26 bits per heavy atom. The normalized spacial score (nSPS) is 12.7. The molecule has 0 amide bonds. The quantitative estimate of drug-likeness (QED) is 0.735. The van der Waals surface area contributed by atoms with E-state index in [4.69, 9.17) is 4.74 Å². The number of rotatable bonds is 6. The summed E-state index contributed by atoms with van der Waals surface area (Å²) in [6, 6.07) is 10.7. The Labute approximate surface area is 136 Å². The van der Waals surface area contributed by atoms with Crippen LogP contribution in [0.3, 0.4) is 0 Å². The van der Waals surface area contributed by atoms with Crippen molar-refractivity contribution in [3.05, 3.63) is 47.4 Å². The van der Waals surface area contributed by atoms with Gasteiger partial charge in [0.15, 0.2) is 0 Å². The van der Waals surface area contributed by atoms with Gasteiger partial charge < -0.3 is 15.0 Å². The van der Waals surface area contributed by atoms with Crippen LogP contribution in [0.2, 0.25) is 0 Å². The summed E-state index contributed by atoms with van der Waals surface area (Å²) in [4.78, 5) is 3.44. The number of hydrogen-bond acceptors (Lipinski definition) is 3. The fraction of sp³-hybridized carbons (Fsp3) is 0.389. The summed E-state index contributed by atoms with van der Waals surface area (Å²) in [6.07, 6.45) is 0. The fourth-order valence-corrected chi connectivity index (χ4v) is 2.86. The van der Waals surface area contributed by atoms with E-state index in [1.165, 1.54) is 16.8 Å². The standard InChI is InChI=1S/C18H24N4O/c1-12-7-14(3)22(21-12)11-13(2)19-10-16-8-15-9-17(23-4)5-6-18(15)20-16/h5-9,13,19-20H,10-11H2,1-4H3. The molecule has 1 unspecified atom stereocenters. The number of nitrogens with one attached hydrogen (secondary N) is 2. The van der Waals surface area contributed by atoms with E-state index < -0.39 is 0 Å². The monoisotopic (exact) mass is 312 g/mol. The maximum atomic E-state index is 5.27. The highest BCUT2D eigenvalue weighted by Gasteiger charge is 2.08. The lowest BCUT2D eigenvalue weighted by atomic mass is 10.2. The van der Waals surface area contributed by atoms with Gasteiger partial charge in [0.25, 0.3) is 0 Å². The predicted octanol–water partition coefficient (Wildman–Crippen LogP) is 3.17.